The van der Waals surface area contributed by atoms with Crippen LogP contribution in [0.1, 0.15) is 24.8 Å². The summed E-state index contributed by atoms with van der Waals surface area (Å²) in [6.45, 7) is 1.68. The Kier molecular flexibility index (Phi) is 6.57. The Morgan fingerprint density at radius 1 is 1.07 bits per heavy atom. The maximum absolute atomic E-state index is 12.0. The summed E-state index contributed by atoms with van der Waals surface area (Å²) in [7, 11) is 0. The van der Waals surface area contributed by atoms with E-state index in [1.54, 1.807) is 6.07 Å². The number of aromatic nitrogens is 1. The van der Waals surface area contributed by atoms with Crippen LogP contribution in [0.4, 0.5) is 4.79 Å². The minimum absolute atomic E-state index is 0.00461. The molecule has 2 N–H and O–H groups in total. The van der Waals surface area contributed by atoms with Crippen molar-refractivity contribution in [3.8, 4) is 0 Å². The molecule has 0 radical (unpaired) electrons. The maximum atomic E-state index is 12.0. The van der Waals surface area contributed by atoms with Gasteiger partial charge in [-0.2, -0.15) is 0 Å². The van der Waals surface area contributed by atoms with Gasteiger partial charge in [-0.1, -0.05) is 42.5 Å². The molecule has 1 heterocycles. The minimum atomic E-state index is -1.10. The molecule has 0 bridgehead atoms. The lowest BCUT2D eigenvalue weighted by Gasteiger charge is -2.13. The van der Waals surface area contributed by atoms with Gasteiger partial charge in [0.25, 0.3) is 5.91 Å². The average Bonchev–Trinajstić information content (AvgIpc) is 3.14. The zero-order chi connectivity index (χ0) is 20.6. The number of hydrogen-bond donors (Lipinski definition) is 2. The van der Waals surface area contributed by atoms with Crippen LogP contribution in [0.5, 0.6) is 0 Å². The van der Waals surface area contributed by atoms with Gasteiger partial charge < -0.3 is 14.5 Å². The highest BCUT2D eigenvalue weighted by Crippen LogP contribution is 2.15. The second-order valence-electron chi connectivity index (χ2n) is 6.36. The van der Waals surface area contributed by atoms with E-state index in [4.69, 9.17) is 9.15 Å². The topological polar surface area (TPSA) is 111 Å². The molecule has 0 aliphatic heterocycles. The van der Waals surface area contributed by atoms with Gasteiger partial charge in [-0.3, -0.25) is 14.9 Å². The number of aryl methyl sites for hydroxylation is 1. The van der Waals surface area contributed by atoms with Gasteiger partial charge in [-0.05, 0) is 24.6 Å². The maximum Gasteiger partial charge on any atom is 0.321 e. The average molecular weight is 395 g/mol. The van der Waals surface area contributed by atoms with Crippen molar-refractivity contribution in [1.29, 1.82) is 0 Å². The fraction of sp³-hybridized carbons (Fsp3) is 0.238. The lowest BCUT2D eigenvalue weighted by atomic mass is 10.2. The van der Waals surface area contributed by atoms with Crippen molar-refractivity contribution in [2.75, 3.05) is 0 Å². The van der Waals surface area contributed by atoms with E-state index in [0.717, 1.165) is 5.56 Å². The quantitative estimate of drug-likeness (QED) is 0.595. The Hall–Kier alpha value is -3.68. The number of amides is 3. The van der Waals surface area contributed by atoms with E-state index in [1.807, 2.05) is 48.5 Å². The van der Waals surface area contributed by atoms with E-state index < -0.39 is 24.0 Å². The Morgan fingerprint density at radius 2 is 1.79 bits per heavy atom. The summed E-state index contributed by atoms with van der Waals surface area (Å²) in [5.41, 5.74) is 2.25. The third-order valence-corrected chi connectivity index (χ3v) is 4.09. The lowest BCUT2D eigenvalue weighted by molar-refractivity contribution is -0.154. The van der Waals surface area contributed by atoms with Crippen LogP contribution in [0.25, 0.3) is 11.1 Å². The first-order valence-corrected chi connectivity index (χ1v) is 9.18. The molecule has 0 saturated heterocycles. The Morgan fingerprint density at radius 3 is 2.55 bits per heavy atom. The number of nitrogens with zero attached hydrogens (tertiary/aromatic N) is 1. The zero-order valence-corrected chi connectivity index (χ0v) is 15.9. The van der Waals surface area contributed by atoms with Crippen LogP contribution in [0.3, 0.4) is 0 Å². The molecule has 3 aromatic rings. The minimum Gasteiger partial charge on any atom is -0.453 e. The molecule has 1 aromatic heterocycles. The smallest absolute Gasteiger partial charge is 0.321 e. The van der Waals surface area contributed by atoms with E-state index in [9.17, 15) is 14.4 Å². The summed E-state index contributed by atoms with van der Waals surface area (Å²) in [6.07, 6.45) is -0.849. The van der Waals surface area contributed by atoms with Crippen molar-refractivity contribution in [2.45, 2.75) is 32.4 Å². The first kappa shape index (κ1) is 20.1. The highest BCUT2D eigenvalue weighted by atomic mass is 16.5. The number of nitrogens with one attached hydrogen (secondary N) is 2. The van der Waals surface area contributed by atoms with Crippen LogP contribution in [-0.4, -0.2) is 29.0 Å². The lowest BCUT2D eigenvalue weighted by Crippen LogP contribution is -2.44. The third kappa shape index (κ3) is 5.90. The summed E-state index contributed by atoms with van der Waals surface area (Å²) in [6, 6.07) is 15.9. The molecule has 0 aliphatic carbocycles. The van der Waals surface area contributed by atoms with Gasteiger partial charge in [0.15, 0.2) is 17.6 Å². The molecule has 3 amide bonds. The van der Waals surface area contributed by atoms with E-state index >= 15 is 0 Å². The fourth-order valence-corrected chi connectivity index (χ4v) is 2.58. The van der Waals surface area contributed by atoms with Gasteiger partial charge >= 0.3 is 12.0 Å². The number of urea groups is 1. The molecule has 0 fully saturated rings. The largest absolute Gasteiger partial charge is 0.453 e. The second kappa shape index (κ2) is 9.50. The number of carbonyl (C=O) groups is 3. The Bertz CT molecular complexity index is 967. The van der Waals surface area contributed by atoms with Gasteiger partial charge in [-0.25, -0.2) is 9.78 Å². The highest BCUT2D eigenvalue weighted by Gasteiger charge is 2.20. The van der Waals surface area contributed by atoms with E-state index in [0.29, 0.717) is 17.0 Å². The molecule has 0 aliphatic rings. The van der Waals surface area contributed by atoms with Crippen LogP contribution in [-0.2, 0) is 27.3 Å². The number of carbonyl (C=O) groups excluding carboxylic acids is 3. The van der Waals surface area contributed by atoms with Crippen LogP contribution in [0.2, 0.25) is 0 Å². The van der Waals surface area contributed by atoms with Crippen molar-refractivity contribution >= 4 is 29.0 Å². The van der Waals surface area contributed by atoms with Crippen molar-refractivity contribution in [3.63, 3.8) is 0 Å². The Labute approximate surface area is 167 Å². The summed E-state index contributed by atoms with van der Waals surface area (Å²) < 4.78 is 10.6. The number of benzene rings is 2. The monoisotopic (exact) mass is 395 g/mol. The molecular formula is C21H21N3O5. The molecule has 8 heteroatoms. The normalized spacial score (nSPS) is 11.6. The number of imide groups is 1. The van der Waals surface area contributed by atoms with Crippen LogP contribution >= 0.6 is 0 Å². The van der Waals surface area contributed by atoms with Gasteiger partial charge in [0.1, 0.15) is 5.52 Å². The zero-order valence-electron chi connectivity index (χ0n) is 15.9. The summed E-state index contributed by atoms with van der Waals surface area (Å²) in [5.74, 6) is -0.870. The summed E-state index contributed by atoms with van der Waals surface area (Å²) in [4.78, 5) is 40.1. The number of rotatable bonds is 7. The van der Waals surface area contributed by atoms with Crippen molar-refractivity contribution in [3.05, 3.63) is 66.1 Å². The molecule has 0 spiro atoms. The predicted octanol–water partition coefficient (Wildman–Crippen LogP) is 2.72. The number of ether oxygens (including phenoxy) is 1. The summed E-state index contributed by atoms with van der Waals surface area (Å²) in [5, 5.41) is 4.72. The van der Waals surface area contributed by atoms with Crippen LogP contribution in [0, 0.1) is 0 Å². The number of oxazole rings is 1. The molecule has 1 atom stereocenters. The number of hydrogen-bond acceptors (Lipinski definition) is 6. The number of para-hydroxylation sites is 2. The molecular weight excluding hydrogens is 374 g/mol. The van der Waals surface area contributed by atoms with Gasteiger partial charge in [0, 0.05) is 13.0 Å². The fourth-order valence-electron chi connectivity index (χ4n) is 2.58. The standard InChI is InChI=1S/C21H21N3O5/c1-14(20(26)24-21(27)22-13-15-7-3-2-4-8-15)28-19(25)12-11-18-23-16-9-5-6-10-17(16)29-18/h2-10,14H,11-13H2,1H3,(H2,22,24,26,27)/t14-/m0/s1. The van der Waals surface area contributed by atoms with E-state index in [2.05, 4.69) is 15.6 Å². The van der Waals surface area contributed by atoms with E-state index in [1.165, 1.54) is 6.92 Å². The highest BCUT2D eigenvalue weighted by molar-refractivity contribution is 5.97. The molecule has 150 valence electrons. The molecule has 0 saturated carbocycles. The Balaban J connectivity index is 1.40. The number of esters is 1. The van der Waals surface area contributed by atoms with E-state index in [-0.39, 0.29) is 19.4 Å². The second-order valence-corrected chi connectivity index (χ2v) is 6.36. The van der Waals surface area contributed by atoms with Gasteiger partial charge in [0.2, 0.25) is 0 Å². The molecule has 0 unspecified atom stereocenters. The molecule has 29 heavy (non-hydrogen) atoms. The molecule has 3 rings (SSSR count). The van der Waals surface area contributed by atoms with Crippen molar-refractivity contribution < 1.29 is 23.5 Å². The van der Waals surface area contributed by atoms with Crippen LogP contribution < -0.4 is 10.6 Å². The van der Waals surface area contributed by atoms with Gasteiger partial charge in [0.05, 0.1) is 6.42 Å². The SMILES string of the molecule is C[C@H](OC(=O)CCc1nc2ccccc2o1)C(=O)NC(=O)NCc1ccccc1. The predicted molar refractivity (Wildman–Crippen MR) is 105 cm³/mol. The molecule has 2 aromatic carbocycles. The van der Waals surface area contributed by atoms with Gasteiger partial charge in [-0.15, -0.1) is 0 Å². The molecule has 8 nitrogen and oxygen atoms in total. The number of fused-ring (bicyclic) bond motifs is 1. The first-order chi connectivity index (χ1) is 14.0. The third-order valence-electron chi connectivity index (χ3n) is 4.09. The van der Waals surface area contributed by atoms with Crippen molar-refractivity contribution in [2.24, 2.45) is 0 Å². The van der Waals surface area contributed by atoms with Crippen molar-refractivity contribution in [1.82, 2.24) is 15.6 Å². The first-order valence-electron chi connectivity index (χ1n) is 9.18. The summed E-state index contributed by atoms with van der Waals surface area (Å²) >= 11 is 0. The van der Waals surface area contributed by atoms with Crippen LogP contribution in [0.15, 0.2) is 59.0 Å².